The SMILES string of the molecule is COC(=O)Cc1nc(NC(=O)C(C)C(N)c2ccccc2)n[nH]1. The van der Waals surface area contributed by atoms with Crippen LogP contribution in [0.15, 0.2) is 30.3 Å². The van der Waals surface area contributed by atoms with Crippen molar-refractivity contribution in [3.63, 3.8) is 0 Å². The molecule has 0 aliphatic carbocycles. The summed E-state index contributed by atoms with van der Waals surface area (Å²) >= 11 is 0. The number of methoxy groups -OCH3 is 1. The zero-order valence-corrected chi connectivity index (χ0v) is 12.9. The van der Waals surface area contributed by atoms with Crippen LogP contribution in [0.25, 0.3) is 0 Å². The summed E-state index contributed by atoms with van der Waals surface area (Å²) in [6, 6.07) is 8.93. The lowest BCUT2D eigenvalue weighted by Crippen LogP contribution is -2.30. The Bertz CT molecular complexity index is 671. The van der Waals surface area contributed by atoms with Crippen molar-refractivity contribution in [2.75, 3.05) is 12.4 Å². The third-order valence-corrected chi connectivity index (χ3v) is 3.44. The van der Waals surface area contributed by atoms with Gasteiger partial charge in [0.15, 0.2) is 0 Å². The molecule has 2 atom stereocenters. The molecule has 4 N–H and O–H groups in total. The topological polar surface area (TPSA) is 123 Å². The molecule has 2 aromatic rings. The summed E-state index contributed by atoms with van der Waals surface area (Å²) in [5.41, 5.74) is 6.98. The molecule has 0 aliphatic heterocycles. The molecule has 0 bridgehead atoms. The Kier molecular flexibility index (Phi) is 5.42. The summed E-state index contributed by atoms with van der Waals surface area (Å²) in [5.74, 6) is -0.809. The lowest BCUT2D eigenvalue weighted by molar-refractivity contribution is -0.139. The van der Waals surface area contributed by atoms with Gasteiger partial charge in [-0.25, -0.2) is 0 Å². The highest BCUT2D eigenvalue weighted by Crippen LogP contribution is 2.20. The quantitative estimate of drug-likeness (QED) is 0.677. The Balaban J connectivity index is 1.97. The van der Waals surface area contributed by atoms with Crippen molar-refractivity contribution in [3.05, 3.63) is 41.7 Å². The van der Waals surface area contributed by atoms with Gasteiger partial charge in [0.05, 0.1) is 13.0 Å². The Morgan fingerprint density at radius 2 is 2.04 bits per heavy atom. The molecule has 0 fully saturated rings. The molecule has 0 saturated heterocycles. The number of hydrogen-bond donors (Lipinski definition) is 3. The Hall–Kier alpha value is -2.74. The van der Waals surface area contributed by atoms with Crippen molar-refractivity contribution < 1.29 is 14.3 Å². The standard InChI is InChI=1S/C15H19N5O3/c1-9(13(16)10-6-4-3-5-7-10)14(22)18-15-17-11(19-20-15)8-12(21)23-2/h3-7,9,13H,8,16H2,1-2H3,(H2,17,18,19,20,22). The second kappa shape index (κ2) is 7.50. The molecule has 2 unspecified atom stereocenters. The normalized spacial score (nSPS) is 13.2. The fraction of sp³-hybridized carbons (Fsp3) is 0.333. The summed E-state index contributed by atoms with van der Waals surface area (Å²) in [4.78, 5) is 27.4. The maximum Gasteiger partial charge on any atom is 0.313 e. The van der Waals surface area contributed by atoms with Crippen molar-refractivity contribution in [3.8, 4) is 0 Å². The van der Waals surface area contributed by atoms with E-state index >= 15 is 0 Å². The number of carbonyl (C=O) groups excluding carboxylic acids is 2. The van der Waals surface area contributed by atoms with E-state index in [0.717, 1.165) is 5.56 Å². The first-order valence-electron chi connectivity index (χ1n) is 7.10. The number of amides is 1. The van der Waals surface area contributed by atoms with E-state index in [9.17, 15) is 9.59 Å². The molecule has 1 aromatic carbocycles. The Labute approximate surface area is 133 Å². The third-order valence-electron chi connectivity index (χ3n) is 3.44. The summed E-state index contributed by atoms with van der Waals surface area (Å²) in [5, 5.41) is 8.99. The molecular formula is C15H19N5O3. The average Bonchev–Trinajstić information content (AvgIpc) is 3.00. The van der Waals surface area contributed by atoms with E-state index in [-0.39, 0.29) is 18.3 Å². The number of H-pyrrole nitrogens is 1. The molecule has 0 aliphatic rings. The van der Waals surface area contributed by atoms with E-state index in [1.165, 1.54) is 7.11 Å². The molecule has 0 saturated carbocycles. The van der Waals surface area contributed by atoms with Crippen molar-refractivity contribution in [2.24, 2.45) is 11.7 Å². The maximum absolute atomic E-state index is 12.2. The minimum absolute atomic E-state index is 0.0432. The van der Waals surface area contributed by atoms with E-state index in [4.69, 9.17) is 5.73 Å². The number of hydrogen-bond acceptors (Lipinski definition) is 6. The monoisotopic (exact) mass is 317 g/mol. The average molecular weight is 317 g/mol. The van der Waals surface area contributed by atoms with Gasteiger partial charge in [0.2, 0.25) is 11.9 Å². The minimum atomic E-state index is -0.472. The van der Waals surface area contributed by atoms with Crippen LogP contribution in [0.5, 0.6) is 0 Å². The van der Waals surface area contributed by atoms with Crippen LogP contribution in [0, 0.1) is 5.92 Å². The van der Waals surface area contributed by atoms with Crippen LogP contribution < -0.4 is 11.1 Å². The van der Waals surface area contributed by atoms with Crippen LogP contribution in [0.1, 0.15) is 24.4 Å². The van der Waals surface area contributed by atoms with Gasteiger partial charge in [0.1, 0.15) is 12.2 Å². The number of rotatable bonds is 6. The van der Waals surface area contributed by atoms with Crippen LogP contribution >= 0.6 is 0 Å². The minimum Gasteiger partial charge on any atom is -0.469 e. The van der Waals surface area contributed by atoms with Crippen LogP contribution in [0.2, 0.25) is 0 Å². The predicted molar refractivity (Wildman–Crippen MR) is 83.3 cm³/mol. The fourth-order valence-corrected chi connectivity index (χ4v) is 1.99. The highest BCUT2D eigenvalue weighted by atomic mass is 16.5. The zero-order valence-electron chi connectivity index (χ0n) is 12.9. The Morgan fingerprint density at radius 3 is 2.70 bits per heavy atom. The fourth-order valence-electron chi connectivity index (χ4n) is 1.99. The largest absolute Gasteiger partial charge is 0.469 e. The summed E-state index contributed by atoms with van der Waals surface area (Å²) in [7, 11) is 1.29. The third kappa shape index (κ3) is 4.36. The second-order valence-electron chi connectivity index (χ2n) is 5.07. The lowest BCUT2D eigenvalue weighted by atomic mass is 9.95. The van der Waals surface area contributed by atoms with Gasteiger partial charge in [-0.2, -0.15) is 4.98 Å². The number of anilines is 1. The van der Waals surface area contributed by atoms with Crippen LogP contribution in [-0.4, -0.2) is 34.2 Å². The molecule has 1 heterocycles. The molecular weight excluding hydrogens is 298 g/mol. The number of nitrogens with two attached hydrogens (primary N) is 1. The molecule has 0 radical (unpaired) electrons. The highest BCUT2D eigenvalue weighted by molar-refractivity contribution is 5.91. The zero-order chi connectivity index (χ0) is 16.8. The van der Waals surface area contributed by atoms with Gasteiger partial charge >= 0.3 is 5.97 Å². The molecule has 1 amide bonds. The number of aromatic amines is 1. The van der Waals surface area contributed by atoms with Crippen LogP contribution in [0.3, 0.4) is 0 Å². The van der Waals surface area contributed by atoms with Gasteiger partial charge < -0.3 is 10.5 Å². The molecule has 8 nitrogen and oxygen atoms in total. The Morgan fingerprint density at radius 1 is 1.35 bits per heavy atom. The summed E-state index contributed by atoms with van der Waals surface area (Å²) in [6.45, 7) is 1.73. The number of aromatic nitrogens is 3. The second-order valence-corrected chi connectivity index (χ2v) is 5.07. The van der Waals surface area contributed by atoms with Crippen molar-refractivity contribution in [1.82, 2.24) is 15.2 Å². The van der Waals surface area contributed by atoms with Gasteiger partial charge in [-0.15, -0.1) is 5.10 Å². The number of benzene rings is 1. The van der Waals surface area contributed by atoms with Gasteiger partial charge in [0, 0.05) is 6.04 Å². The first kappa shape index (κ1) is 16.6. The van der Waals surface area contributed by atoms with Gasteiger partial charge in [-0.05, 0) is 5.56 Å². The predicted octanol–water partition coefficient (Wildman–Crippen LogP) is 0.795. The molecule has 8 heteroatoms. The smallest absolute Gasteiger partial charge is 0.313 e. The molecule has 122 valence electrons. The number of nitrogens with zero attached hydrogens (tertiary/aromatic N) is 2. The number of carbonyl (C=O) groups is 2. The summed E-state index contributed by atoms with van der Waals surface area (Å²) < 4.78 is 4.53. The molecule has 1 aromatic heterocycles. The number of ether oxygens (including phenoxy) is 1. The highest BCUT2D eigenvalue weighted by Gasteiger charge is 2.23. The van der Waals surface area contributed by atoms with E-state index in [0.29, 0.717) is 5.82 Å². The van der Waals surface area contributed by atoms with E-state index < -0.39 is 17.9 Å². The maximum atomic E-state index is 12.2. The lowest BCUT2D eigenvalue weighted by Gasteiger charge is -2.18. The first-order chi connectivity index (χ1) is 11.0. The van der Waals surface area contributed by atoms with Crippen LogP contribution in [0.4, 0.5) is 5.95 Å². The molecule has 2 rings (SSSR count). The van der Waals surface area contributed by atoms with Crippen molar-refractivity contribution in [2.45, 2.75) is 19.4 Å². The van der Waals surface area contributed by atoms with Gasteiger partial charge in [-0.1, -0.05) is 37.3 Å². The molecule has 23 heavy (non-hydrogen) atoms. The van der Waals surface area contributed by atoms with Gasteiger partial charge in [0.25, 0.3) is 0 Å². The number of nitrogens with one attached hydrogen (secondary N) is 2. The first-order valence-corrected chi connectivity index (χ1v) is 7.10. The van der Waals surface area contributed by atoms with E-state index in [2.05, 4.69) is 25.2 Å². The van der Waals surface area contributed by atoms with Crippen LogP contribution in [-0.2, 0) is 20.7 Å². The summed E-state index contributed by atoms with van der Waals surface area (Å²) in [6.07, 6.45) is -0.0432. The van der Waals surface area contributed by atoms with Crippen molar-refractivity contribution in [1.29, 1.82) is 0 Å². The van der Waals surface area contributed by atoms with E-state index in [1.54, 1.807) is 6.92 Å². The van der Waals surface area contributed by atoms with E-state index in [1.807, 2.05) is 30.3 Å². The number of esters is 1. The van der Waals surface area contributed by atoms with Crippen molar-refractivity contribution >= 4 is 17.8 Å². The molecule has 0 spiro atoms. The van der Waals surface area contributed by atoms with Gasteiger partial charge in [-0.3, -0.25) is 20.0 Å².